The molecule has 1 atom stereocenters. The van der Waals surface area contributed by atoms with Crippen molar-refractivity contribution in [1.82, 2.24) is 10.3 Å². The summed E-state index contributed by atoms with van der Waals surface area (Å²) >= 11 is 0. The molecule has 1 saturated carbocycles. The number of amides is 1. The van der Waals surface area contributed by atoms with E-state index < -0.39 is 0 Å². The summed E-state index contributed by atoms with van der Waals surface area (Å²) in [7, 11) is 0. The van der Waals surface area contributed by atoms with Gasteiger partial charge in [0.1, 0.15) is 0 Å². The van der Waals surface area contributed by atoms with Gasteiger partial charge in [0.2, 0.25) is 5.91 Å². The summed E-state index contributed by atoms with van der Waals surface area (Å²) in [5.74, 6) is 0.0839. The number of rotatable bonds is 4. The van der Waals surface area contributed by atoms with Crippen LogP contribution in [0.25, 0.3) is 0 Å². The van der Waals surface area contributed by atoms with E-state index in [1.165, 1.54) is 0 Å². The van der Waals surface area contributed by atoms with Gasteiger partial charge in [0, 0.05) is 12.7 Å². The second-order valence-corrected chi connectivity index (χ2v) is 5.14. The molecule has 0 aliphatic heterocycles. The number of pyridine rings is 1. The highest BCUT2D eigenvalue weighted by Gasteiger charge is 2.40. The Morgan fingerprint density at radius 1 is 1.50 bits per heavy atom. The average molecular weight is 247 g/mol. The number of hydrogen-bond acceptors (Lipinski definition) is 3. The minimum Gasteiger partial charge on any atom is -0.347 e. The Balaban J connectivity index is 2.03. The van der Waals surface area contributed by atoms with Crippen molar-refractivity contribution >= 4 is 5.91 Å². The third-order valence-electron chi connectivity index (χ3n) is 3.91. The van der Waals surface area contributed by atoms with Crippen LogP contribution in [-0.4, -0.2) is 17.4 Å². The van der Waals surface area contributed by atoms with Crippen LogP contribution < -0.4 is 11.1 Å². The monoisotopic (exact) mass is 247 g/mol. The van der Waals surface area contributed by atoms with E-state index in [1.54, 1.807) is 6.20 Å². The Hall–Kier alpha value is -1.42. The fraction of sp³-hybridized carbons (Fsp3) is 0.571. The van der Waals surface area contributed by atoms with Gasteiger partial charge in [-0.3, -0.25) is 9.78 Å². The topological polar surface area (TPSA) is 68.0 Å². The van der Waals surface area contributed by atoms with Gasteiger partial charge in [0.15, 0.2) is 0 Å². The minimum absolute atomic E-state index is 0.0669. The molecular weight excluding hydrogens is 226 g/mol. The van der Waals surface area contributed by atoms with Crippen LogP contribution in [0.2, 0.25) is 0 Å². The highest BCUT2D eigenvalue weighted by Crippen LogP contribution is 2.37. The summed E-state index contributed by atoms with van der Waals surface area (Å²) in [6, 6.07) is 5.66. The molecule has 2 rings (SSSR count). The fourth-order valence-electron chi connectivity index (χ4n) is 2.63. The molecule has 98 valence electrons. The van der Waals surface area contributed by atoms with Crippen LogP contribution in [0.1, 0.15) is 44.3 Å². The van der Waals surface area contributed by atoms with E-state index in [-0.39, 0.29) is 17.4 Å². The number of nitrogens with two attached hydrogens (primary N) is 1. The normalized spacial score (nSPS) is 19.4. The highest BCUT2D eigenvalue weighted by atomic mass is 16.2. The molecule has 1 fully saturated rings. The van der Waals surface area contributed by atoms with Gasteiger partial charge in [-0.1, -0.05) is 18.9 Å². The number of nitrogens with zero attached hydrogens (tertiary/aromatic N) is 1. The predicted octanol–water partition coefficient (Wildman–Crippen LogP) is 1.78. The van der Waals surface area contributed by atoms with Crippen LogP contribution in [0.4, 0.5) is 0 Å². The average Bonchev–Trinajstić information content (AvgIpc) is 2.89. The lowest BCUT2D eigenvalue weighted by Crippen LogP contribution is -2.45. The van der Waals surface area contributed by atoms with Crippen molar-refractivity contribution < 1.29 is 4.79 Å². The SMILES string of the molecule is C[C@@H](NC(=O)C1(CN)CCCC1)c1ccccn1. The van der Waals surface area contributed by atoms with Gasteiger partial charge in [-0.25, -0.2) is 0 Å². The van der Waals surface area contributed by atoms with Crippen molar-refractivity contribution in [1.29, 1.82) is 0 Å². The Bertz CT molecular complexity index is 399. The first-order valence-electron chi connectivity index (χ1n) is 6.60. The zero-order chi connectivity index (χ0) is 13.0. The van der Waals surface area contributed by atoms with Crippen LogP contribution in [0, 0.1) is 5.41 Å². The zero-order valence-corrected chi connectivity index (χ0v) is 10.9. The smallest absolute Gasteiger partial charge is 0.228 e. The van der Waals surface area contributed by atoms with E-state index >= 15 is 0 Å². The highest BCUT2D eigenvalue weighted by molar-refractivity contribution is 5.83. The molecule has 0 spiro atoms. The zero-order valence-electron chi connectivity index (χ0n) is 10.9. The molecule has 0 bridgehead atoms. The van der Waals surface area contributed by atoms with Crippen LogP contribution in [0.15, 0.2) is 24.4 Å². The van der Waals surface area contributed by atoms with Crippen molar-refractivity contribution in [3.8, 4) is 0 Å². The summed E-state index contributed by atoms with van der Waals surface area (Å²) in [4.78, 5) is 16.6. The van der Waals surface area contributed by atoms with E-state index in [1.807, 2.05) is 25.1 Å². The first-order chi connectivity index (χ1) is 8.68. The van der Waals surface area contributed by atoms with Gasteiger partial charge in [-0.2, -0.15) is 0 Å². The Morgan fingerprint density at radius 2 is 2.22 bits per heavy atom. The summed E-state index contributed by atoms with van der Waals surface area (Å²) in [6.07, 6.45) is 5.76. The van der Waals surface area contributed by atoms with Gasteiger partial charge in [0.25, 0.3) is 0 Å². The van der Waals surface area contributed by atoms with Crippen molar-refractivity contribution in [2.45, 2.75) is 38.6 Å². The predicted molar refractivity (Wildman–Crippen MR) is 70.8 cm³/mol. The molecule has 1 aromatic rings. The van der Waals surface area contributed by atoms with Crippen LogP contribution in [0.3, 0.4) is 0 Å². The van der Waals surface area contributed by atoms with Gasteiger partial charge in [0.05, 0.1) is 17.2 Å². The Morgan fingerprint density at radius 3 is 2.78 bits per heavy atom. The maximum absolute atomic E-state index is 12.4. The summed E-state index contributed by atoms with van der Waals surface area (Å²) in [6.45, 7) is 2.40. The molecule has 1 aliphatic carbocycles. The first-order valence-corrected chi connectivity index (χ1v) is 6.60. The molecule has 1 heterocycles. The Labute approximate surface area is 108 Å². The first kappa shape index (κ1) is 13.0. The van der Waals surface area contributed by atoms with E-state index in [2.05, 4.69) is 10.3 Å². The maximum Gasteiger partial charge on any atom is 0.228 e. The largest absolute Gasteiger partial charge is 0.347 e. The number of carbonyl (C=O) groups is 1. The molecule has 1 aliphatic rings. The van der Waals surface area contributed by atoms with Crippen molar-refractivity contribution in [3.63, 3.8) is 0 Å². The number of carbonyl (C=O) groups excluding carboxylic acids is 1. The minimum atomic E-state index is -0.344. The quantitative estimate of drug-likeness (QED) is 0.852. The molecule has 4 nitrogen and oxygen atoms in total. The molecule has 0 aromatic carbocycles. The lowest BCUT2D eigenvalue weighted by atomic mass is 9.85. The van der Waals surface area contributed by atoms with Crippen molar-refractivity contribution in [2.75, 3.05) is 6.54 Å². The summed E-state index contributed by atoms with van der Waals surface area (Å²) in [5.41, 5.74) is 6.35. The van der Waals surface area contributed by atoms with E-state index in [0.717, 1.165) is 31.4 Å². The van der Waals surface area contributed by atoms with Crippen LogP contribution >= 0.6 is 0 Å². The molecule has 0 radical (unpaired) electrons. The lowest BCUT2D eigenvalue weighted by Gasteiger charge is -2.27. The standard InChI is InChI=1S/C14H21N3O/c1-11(12-6-2-5-9-16-12)17-13(18)14(10-15)7-3-4-8-14/h2,5-6,9,11H,3-4,7-8,10,15H2,1H3,(H,17,18)/t11-/m1/s1. The summed E-state index contributed by atoms with van der Waals surface area (Å²) < 4.78 is 0. The van der Waals surface area contributed by atoms with Crippen molar-refractivity contribution in [3.05, 3.63) is 30.1 Å². The van der Waals surface area contributed by atoms with Crippen molar-refractivity contribution in [2.24, 2.45) is 11.1 Å². The van der Waals surface area contributed by atoms with Gasteiger partial charge in [-0.15, -0.1) is 0 Å². The lowest BCUT2D eigenvalue weighted by molar-refractivity contribution is -0.131. The molecular formula is C14H21N3O. The third-order valence-corrected chi connectivity index (χ3v) is 3.91. The Kier molecular flexibility index (Phi) is 3.97. The van der Waals surface area contributed by atoms with Gasteiger partial charge < -0.3 is 11.1 Å². The number of nitrogens with one attached hydrogen (secondary N) is 1. The summed E-state index contributed by atoms with van der Waals surface area (Å²) in [5, 5.41) is 3.05. The third kappa shape index (κ3) is 2.53. The van der Waals surface area contributed by atoms with E-state index in [9.17, 15) is 4.79 Å². The molecule has 0 unspecified atom stereocenters. The molecule has 1 amide bonds. The van der Waals surface area contributed by atoms with Gasteiger partial charge >= 0.3 is 0 Å². The van der Waals surface area contributed by atoms with E-state index in [4.69, 9.17) is 5.73 Å². The molecule has 4 heteroatoms. The van der Waals surface area contributed by atoms with Gasteiger partial charge in [-0.05, 0) is 31.9 Å². The molecule has 1 aromatic heterocycles. The molecule has 18 heavy (non-hydrogen) atoms. The van der Waals surface area contributed by atoms with Crippen LogP contribution in [0.5, 0.6) is 0 Å². The van der Waals surface area contributed by atoms with Crippen LogP contribution in [-0.2, 0) is 4.79 Å². The number of aromatic nitrogens is 1. The maximum atomic E-state index is 12.4. The molecule has 0 saturated heterocycles. The fourth-order valence-corrected chi connectivity index (χ4v) is 2.63. The second-order valence-electron chi connectivity index (χ2n) is 5.14. The molecule has 3 N–H and O–H groups in total. The number of hydrogen-bond donors (Lipinski definition) is 2. The van der Waals surface area contributed by atoms with E-state index in [0.29, 0.717) is 6.54 Å². The second kappa shape index (κ2) is 5.48.